The van der Waals surface area contributed by atoms with Gasteiger partial charge >= 0.3 is 0 Å². The van der Waals surface area contributed by atoms with Gasteiger partial charge in [-0.25, -0.2) is 4.99 Å². The summed E-state index contributed by atoms with van der Waals surface area (Å²) < 4.78 is 0. The number of anilines is 1. The van der Waals surface area contributed by atoms with E-state index >= 15 is 0 Å². The van der Waals surface area contributed by atoms with Crippen molar-refractivity contribution in [1.29, 1.82) is 0 Å². The first-order valence-corrected chi connectivity index (χ1v) is 6.67. The standard InChI is InChI=1S/C15H14N4O4/c1-10-3-5-12(18(20)21)7-14(10)16-9-17-15-8-13(19(22)23)6-4-11(15)2/h3-9H,1-2H3,(H,16,17). The Morgan fingerprint density at radius 3 is 2.13 bits per heavy atom. The zero-order chi connectivity index (χ0) is 17.0. The summed E-state index contributed by atoms with van der Waals surface area (Å²) in [5.41, 5.74) is 2.52. The molecule has 0 spiro atoms. The third kappa shape index (κ3) is 3.88. The summed E-state index contributed by atoms with van der Waals surface area (Å²) in [6, 6.07) is 8.85. The van der Waals surface area contributed by atoms with Crippen LogP contribution in [0, 0.1) is 34.1 Å². The van der Waals surface area contributed by atoms with Gasteiger partial charge in [0.15, 0.2) is 0 Å². The van der Waals surface area contributed by atoms with E-state index in [4.69, 9.17) is 0 Å². The number of benzene rings is 2. The second kappa shape index (κ2) is 6.65. The van der Waals surface area contributed by atoms with Gasteiger partial charge in [0, 0.05) is 30.0 Å². The average Bonchev–Trinajstić information content (AvgIpc) is 2.50. The molecule has 0 saturated carbocycles. The van der Waals surface area contributed by atoms with Gasteiger partial charge in [0.1, 0.15) is 0 Å². The number of nitrogens with one attached hydrogen (secondary N) is 1. The number of rotatable bonds is 5. The SMILES string of the molecule is Cc1ccc([N+](=O)[O-])cc1N=CNc1cc([N+](=O)[O-])ccc1C. The van der Waals surface area contributed by atoms with Crippen LogP contribution in [-0.4, -0.2) is 16.2 Å². The molecular weight excluding hydrogens is 300 g/mol. The summed E-state index contributed by atoms with van der Waals surface area (Å²) in [7, 11) is 0. The van der Waals surface area contributed by atoms with Crippen molar-refractivity contribution in [2.45, 2.75) is 13.8 Å². The molecule has 0 aliphatic heterocycles. The van der Waals surface area contributed by atoms with Gasteiger partial charge in [-0.3, -0.25) is 20.2 Å². The number of hydrogen-bond donors (Lipinski definition) is 1. The highest BCUT2D eigenvalue weighted by Gasteiger charge is 2.09. The van der Waals surface area contributed by atoms with Crippen LogP contribution in [-0.2, 0) is 0 Å². The summed E-state index contributed by atoms with van der Waals surface area (Å²) in [4.78, 5) is 24.7. The minimum Gasteiger partial charge on any atom is -0.346 e. The van der Waals surface area contributed by atoms with Crippen LogP contribution in [0.5, 0.6) is 0 Å². The van der Waals surface area contributed by atoms with E-state index in [9.17, 15) is 20.2 Å². The van der Waals surface area contributed by atoms with Gasteiger partial charge in [0.25, 0.3) is 11.4 Å². The number of non-ortho nitro benzene ring substituents is 2. The third-order valence-corrected chi connectivity index (χ3v) is 3.26. The quantitative estimate of drug-likeness (QED) is 0.389. The molecule has 0 heterocycles. The molecule has 8 heteroatoms. The molecule has 0 unspecified atom stereocenters. The molecule has 2 aromatic carbocycles. The minimum absolute atomic E-state index is 0.0296. The Labute approximate surface area is 131 Å². The molecule has 0 atom stereocenters. The van der Waals surface area contributed by atoms with E-state index in [-0.39, 0.29) is 11.4 Å². The first kappa shape index (κ1) is 16.1. The largest absolute Gasteiger partial charge is 0.346 e. The molecule has 8 nitrogen and oxygen atoms in total. The van der Waals surface area contributed by atoms with E-state index in [0.29, 0.717) is 11.4 Å². The molecule has 0 bridgehead atoms. The highest BCUT2D eigenvalue weighted by molar-refractivity contribution is 5.80. The Kier molecular flexibility index (Phi) is 4.65. The van der Waals surface area contributed by atoms with Crippen molar-refractivity contribution < 1.29 is 9.85 Å². The van der Waals surface area contributed by atoms with Crippen LogP contribution in [0.4, 0.5) is 22.7 Å². The average molecular weight is 314 g/mol. The van der Waals surface area contributed by atoms with Crippen LogP contribution >= 0.6 is 0 Å². The normalized spacial score (nSPS) is 10.7. The minimum atomic E-state index is -0.489. The predicted molar refractivity (Wildman–Crippen MR) is 87.4 cm³/mol. The second-order valence-electron chi connectivity index (χ2n) is 4.89. The molecule has 0 radical (unpaired) electrons. The smallest absolute Gasteiger partial charge is 0.271 e. The highest BCUT2D eigenvalue weighted by Crippen LogP contribution is 2.25. The number of aliphatic imine (C=N–C) groups is 1. The van der Waals surface area contributed by atoms with E-state index in [1.807, 2.05) is 0 Å². The van der Waals surface area contributed by atoms with E-state index in [1.54, 1.807) is 26.0 Å². The summed E-state index contributed by atoms with van der Waals surface area (Å²) in [5, 5.41) is 24.4. The van der Waals surface area contributed by atoms with Gasteiger partial charge < -0.3 is 5.32 Å². The lowest BCUT2D eigenvalue weighted by Gasteiger charge is -2.05. The fourth-order valence-electron chi connectivity index (χ4n) is 1.90. The molecule has 1 N–H and O–H groups in total. The van der Waals surface area contributed by atoms with Crippen molar-refractivity contribution in [1.82, 2.24) is 0 Å². The van der Waals surface area contributed by atoms with Gasteiger partial charge in [0.05, 0.1) is 21.9 Å². The zero-order valence-corrected chi connectivity index (χ0v) is 12.5. The van der Waals surface area contributed by atoms with Crippen molar-refractivity contribution in [3.63, 3.8) is 0 Å². The van der Waals surface area contributed by atoms with Crippen molar-refractivity contribution in [3.05, 3.63) is 67.8 Å². The summed E-state index contributed by atoms with van der Waals surface area (Å²) >= 11 is 0. The number of nitro benzene ring substituents is 2. The summed E-state index contributed by atoms with van der Waals surface area (Å²) in [6.45, 7) is 3.59. The fourth-order valence-corrected chi connectivity index (χ4v) is 1.90. The number of aryl methyl sites for hydroxylation is 2. The molecule has 0 aliphatic carbocycles. The Hall–Kier alpha value is -3.29. The number of nitro groups is 2. The van der Waals surface area contributed by atoms with Crippen molar-refractivity contribution in [2.75, 3.05) is 5.32 Å². The molecule has 2 aromatic rings. The monoisotopic (exact) mass is 314 g/mol. The van der Waals surface area contributed by atoms with Gasteiger partial charge in [0.2, 0.25) is 0 Å². The molecule has 2 rings (SSSR count). The van der Waals surface area contributed by atoms with E-state index < -0.39 is 9.85 Å². The first-order valence-electron chi connectivity index (χ1n) is 6.67. The highest BCUT2D eigenvalue weighted by atomic mass is 16.6. The molecule has 0 saturated heterocycles. The molecule has 0 aliphatic rings. The number of nitrogens with zero attached hydrogens (tertiary/aromatic N) is 3. The molecule has 0 aromatic heterocycles. The second-order valence-corrected chi connectivity index (χ2v) is 4.89. The Balaban J connectivity index is 2.22. The summed E-state index contributed by atoms with van der Waals surface area (Å²) in [5.74, 6) is 0. The fraction of sp³-hybridized carbons (Fsp3) is 0.133. The molecule has 0 amide bonds. The first-order chi connectivity index (χ1) is 10.9. The van der Waals surface area contributed by atoms with Gasteiger partial charge in [-0.05, 0) is 25.0 Å². The predicted octanol–water partition coefficient (Wildman–Crippen LogP) is 3.89. The Bertz CT molecular complexity index is 802. The van der Waals surface area contributed by atoms with Crippen LogP contribution in [0.3, 0.4) is 0 Å². The molecule has 0 fully saturated rings. The topological polar surface area (TPSA) is 111 Å². The lowest BCUT2D eigenvalue weighted by atomic mass is 10.2. The van der Waals surface area contributed by atoms with Crippen LogP contribution in [0.15, 0.2) is 41.4 Å². The molecular formula is C15H14N4O4. The third-order valence-electron chi connectivity index (χ3n) is 3.26. The lowest BCUT2D eigenvalue weighted by Crippen LogP contribution is -1.98. The zero-order valence-electron chi connectivity index (χ0n) is 12.5. The van der Waals surface area contributed by atoms with Crippen molar-refractivity contribution in [3.8, 4) is 0 Å². The van der Waals surface area contributed by atoms with Crippen LogP contribution in [0.1, 0.15) is 11.1 Å². The lowest BCUT2D eigenvalue weighted by molar-refractivity contribution is -0.385. The molecule has 118 valence electrons. The Morgan fingerprint density at radius 1 is 0.957 bits per heavy atom. The molecule has 23 heavy (non-hydrogen) atoms. The van der Waals surface area contributed by atoms with E-state index in [2.05, 4.69) is 10.3 Å². The van der Waals surface area contributed by atoms with Crippen molar-refractivity contribution in [2.24, 2.45) is 4.99 Å². The van der Waals surface area contributed by atoms with Gasteiger partial charge in [-0.1, -0.05) is 12.1 Å². The van der Waals surface area contributed by atoms with Crippen LogP contribution < -0.4 is 5.32 Å². The maximum Gasteiger partial charge on any atom is 0.271 e. The van der Waals surface area contributed by atoms with E-state index in [1.165, 1.54) is 30.6 Å². The van der Waals surface area contributed by atoms with E-state index in [0.717, 1.165) is 11.1 Å². The van der Waals surface area contributed by atoms with Crippen LogP contribution in [0.2, 0.25) is 0 Å². The summed E-state index contributed by atoms with van der Waals surface area (Å²) in [6.07, 6.45) is 1.36. The maximum atomic E-state index is 10.8. The van der Waals surface area contributed by atoms with Gasteiger partial charge in [-0.2, -0.15) is 0 Å². The van der Waals surface area contributed by atoms with Crippen LogP contribution in [0.25, 0.3) is 0 Å². The number of hydrogen-bond acceptors (Lipinski definition) is 5. The maximum absolute atomic E-state index is 10.8. The Morgan fingerprint density at radius 2 is 1.52 bits per heavy atom. The van der Waals surface area contributed by atoms with Crippen molar-refractivity contribution >= 4 is 29.1 Å². The van der Waals surface area contributed by atoms with Gasteiger partial charge in [-0.15, -0.1) is 0 Å².